The van der Waals surface area contributed by atoms with Crippen LogP contribution in [0.15, 0.2) is 24.3 Å². The molecule has 0 atom stereocenters. The third-order valence-electron chi connectivity index (χ3n) is 2.34. The van der Waals surface area contributed by atoms with Gasteiger partial charge in [0.2, 0.25) is 0 Å². The van der Waals surface area contributed by atoms with E-state index in [1.807, 2.05) is 25.1 Å². The molecule has 3 heteroatoms. The van der Waals surface area contributed by atoms with E-state index in [-0.39, 0.29) is 0 Å². The Morgan fingerprint density at radius 1 is 1.20 bits per heavy atom. The number of hydrogen-bond acceptors (Lipinski definition) is 1. The number of hydrogen-bond donors (Lipinski definition) is 0. The molecule has 0 aromatic heterocycles. The van der Waals surface area contributed by atoms with Crippen LogP contribution in [0, 0.1) is 6.92 Å². The van der Waals surface area contributed by atoms with Crippen LogP contribution in [-0.2, 0) is 0 Å². The van der Waals surface area contributed by atoms with Gasteiger partial charge in [0, 0.05) is 5.39 Å². The Balaban J connectivity index is 2.92. The van der Waals surface area contributed by atoms with E-state index in [2.05, 4.69) is 0 Å². The minimum Gasteiger partial charge on any atom is -0.298 e. The van der Waals surface area contributed by atoms with Crippen molar-refractivity contribution in [1.82, 2.24) is 0 Å². The molecule has 0 aliphatic heterocycles. The summed E-state index contributed by atoms with van der Waals surface area (Å²) < 4.78 is 0. The van der Waals surface area contributed by atoms with Crippen molar-refractivity contribution in [3.05, 3.63) is 45.4 Å². The fraction of sp³-hybridized carbons (Fsp3) is 0.0833. The molecule has 0 aliphatic carbocycles. The van der Waals surface area contributed by atoms with Crippen LogP contribution in [-0.4, -0.2) is 6.29 Å². The number of rotatable bonds is 1. The molecule has 0 N–H and O–H groups in total. The lowest BCUT2D eigenvalue weighted by Crippen LogP contribution is -1.87. The highest BCUT2D eigenvalue weighted by Gasteiger charge is 2.09. The second-order valence-corrected chi connectivity index (χ2v) is 4.21. The Morgan fingerprint density at radius 2 is 1.93 bits per heavy atom. The Morgan fingerprint density at radius 3 is 2.60 bits per heavy atom. The van der Waals surface area contributed by atoms with Crippen LogP contribution in [0.4, 0.5) is 0 Å². The van der Waals surface area contributed by atoms with Crippen LogP contribution >= 0.6 is 23.2 Å². The fourth-order valence-corrected chi connectivity index (χ4v) is 2.17. The molecule has 2 aromatic rings. The summed E-state index contributed by atoms with van der Waals surface area (Å²) in [4.78, 5) is 10.8. The molecule has 76 valence electrons. The van der Waals surface area contributed by atoms with Crippen molar-refractivity contribution < 1.29 is 4.79 Å². The average Bonchev–Trinajstić information content (AvgIpc) is 2.20. The molecule has 1 nitrogen and oxygen atoms in total. The number of benzene rings is 2. The van der Waals surface area contributed by atoms with Gasteiger partial charge in [0.05, 0.1) is 15.6 Å². The van der Waals surface area contributed by atoms with Crippen molar-refractivity contribution >= 4 is 40.3 Å². The summed E-state index contributed by atoms with van der Waals surface area (Å²) in [7, 11) is 0. The van der Waals surface area contributed by atoms with Crippen LogP contribution in [0.3, 0.4) is 0 Å². The monoisotopic (exact) mass is 238 g/mol. The first-order valence-electron chi connectivity index (χ1n) is 4.47. The van der Waals surface area contributed by atoms with Crippen molar-refractivity contribution in [3.63, 3.8) is 0 Å². The number of aldehydes is 1. The summed E-state index contributed by atoms with van der Waals surface area (Å²) in [5.74, 6) is 0. The van der Waals surface area contributed by atoms with E-state index in [1.165, 1.54) is 0 Å². The van der Waals surface area contributed by atoms with E-state index < -0.39 is 0 Å². The molecule has 0 aliphatic rings. The normalized spacial score (nSPS) is 10.6. The summed E-state index contributed by atoms with van der Waals surface area (Å²) in [5.41, 5.74) is 1.46. The molecule has 0 saturated carbocycles. The molecule has 2 rings (SSSR count). The van der Waals surface area contributed by atoms with Crippen LogP contribution in [0.1, 0.15) is 15.9 Å². The van der Waals surface area contributed by atoms with Crippen LogP contribution in [0.25, 0.3) is 10.8 Å². The van der Waals surface area contributed by atoms with Crippen molar-refractivity contribution in [2.75, 3.05) is 0 Å². The minimum atomic E-state index is 0.358. The summed E-state index contributed by atoms with van der Waals surface area (Å²) >= 11 is 12.0. The van der Waals surface area contributed by atoms with Gasteiger partial charge < -0.3 is 0 Å². The van der Waals surface area contributed by atoms with Crippen LogP contribution < -0.4 is 0 Å². The molecule has 0 fully saturated rings. The lowest BCUT2D eigenvalue weighted by Gasteiger charge is -2.06. The topological polar surface area (TPSA) is 17.1 Å². The van der Waals surface area contributed by atoms with Crippen molar-refractivity contribution in [2.45, 2.75) is 6.92 Å². The largest absolute Gasteiger partial charge is 0.298 e. The summed E-state index contributed by atoms with van der Waals surface area (Å²) in [6.07, 6.45) is 0.687. The van der Waals surface area contributed by atoms with Crippen molar-refractivity contribution in [3.8, 4) is 0 Å². The maximum atomic E-state index is 10.8. The molecule has 0 heterocycles. The third kappa shape index (κ3) is 1.73. The van der Waals surface area contributed by atoms with Crippen molar-refractivity contribution in [1.29, 1.82) is 0 Å². The van der Waals surface area contributed by atoms with Gasteiger partial charge >= 0.3 is 0 Å². The Hall–Kier alpha value is -1.05. The molecule has 0 amide bonds. The molecule has 0 bridgehead atoms. The van der Waals surface area contributed by atoms with Gasteiger partial charge in [-0.3, -0.25) is 4.79 Å². The summed E-state index contributed by atoms with van der Waals surface area (Å²) in [6.45, 7) is 1.98. The van der Waals surface area contributed by atoms with Gasteiger partial charge in [-0.15, -0.1) is 0 Å². The molecule has 0 unspecified atom stereocenters. The minimum absolute atomic E-state index is 0.358. The molecule has 0 saturated heterocycles. The standard InChI is InChI=1S/C12H8Cl2O/c1-7-2-3-8-5-11(13)10(6-15)12(14)9(8)4-7/h2-6H,1H3. The highest BCUT2D eigenvalue weighted by molar-refractivity contribution is 6.42. The quantitative estimate of drug-likeness (QED) is 0.679. The maximum Gasteiger partial charge on any atom is 0.153 e. The zero-order chi connectivity index (χ0) is 11.0. The summed E-state index contributed by atoms with van der Waals surface area (Å²) in [6, 6.07) is 7.62. The van der Waals surface area contributed by atoms with E-state index in [1.54, 1.807) is 6.07 Å². The van der Waals surface area contributed by atoms with Gasteiger partial charge in [0.25, 0.3) is 0 Å². The Kier molecular flexibility index (Phi) is 2.68. The number of aryl methyl sites for hydroxylation is 1. The van der Waals surface area contributed by atoms with Crippen LogP contribution in [0.5, 0.6) is 0 Å². The molecular formula is C12H8Cl2O. The van der Waals surface area contributed by atoms with E-state index in [4.69, 9.17) is 23.2 Å². The van der Waals surface area contributed by atoms with Crippen molar-refractivity contribution in [2.24, 2.45) is 0 Å². The average molecular weight is 239 g/mol. The Labute approximate surface area is 97.6 Å². The SMILES string of the molecule is Cc1ccc2cc(Cl)c(C=O)c(Cl)c2c1. The second kappa shape index (κ2) is 3.84. The fourth-order valence-electron chi connectivity index (χ4n) is 1.56. The highest BCUT2D eigenvalue weighted by atomic mass is 35.5. The van der Waals surface area contributed by atoms with E-state index in [0.717, 1.165) is 16.3 Å². The molecular weight excluding hydrogens is 231 g/mol. The highest BCUT2D eigenvalue weighted by Crippen LogP contribution is 2.32. The molecule has 0 radical (unpaired) electrons. The summed E-state index contributed by atoms with van der Waals surface area (Å²) in [5, 5.41) is 2.63. The number of fused-ring (bicyclic) bond motifs is 1. The van der Waals surface area contributed by atoms with Gasteiger partial charge in [-0.25, -0.2) is 0 Å². The Bertz CT molecular complexity index is 547. The van der Waals surface area contributed by atoms with Crippen LogP contribution in [0.2, 0.25) is 10.0 Å². The number of carbonyl (C=O) groups is 1. The molecule has 15 heavy (non-hydrogen) atoms. The lowest BCUT2D eigenvalue weighted by atomic mass is 10.0. The molecule has 2 aromatic carbocycles. The molecule has 0 spiro atoms. The van der Waals surface area contributed by atoms with Gasteiger partial charge in [0.1, 0.15) is 0 Å². The first-order chi connectivity index (χ1) is 7.13. The first kappa shape index (κ1) is 10.5. The van der Waals surface area contributed by atoms with E-state index in [0.29, 0.717) is 21.9 Å². The van der Waals surface area contributed by atoms with Gasteiger partial charge in [-0.05, 0) is 24.4 Å². The predicted octanol–water partition coefficient (Wildman–Crippen LogP) is 4.27. The number of carbonyl (C=O) groups excluding carboxylic acids is 1. The predicted molar refractivity (Wildman–Crippen MR) is 64.1 cm³/mol. The first-order valence-corrected chi connectivity index (χ1v) is 5.22. The third-order valence-corrected chi connectivity index (χ3v) is 3.06. The lowest BCUT2D eigenvalue weighted by molar-refractivity contribution is 0.112. The smallest absolute Gasteiger partial charge is 0.153 e. The van der Waals surface area contributed by atoms with Gasteiger partial charge in [-0.1, -0.05) is 40.9 Å². The van der Waals surface area contributed by atoms with E-state index in [9.17, 15) is 4.79 Å². The zero-order valence-corrected chi connectivity index (χ0v) is 9.56. The maximum absolute atomic E-state index is 10.8. The second-order valence-electron chi connectivity index (χ2n) is 3.43. The van der Waals surface area contributed by atoms with Gasteiger partial charge in [-0.2, -0.15) is 0 Å². The zero-order valence-electron chi connectivity index (χ0n) is 8.05. The number of halogens is 2. The van der Waals surface area contributed by atoms with E-state index >= 15 is 0 Å². The van der Waals surface area contributed by atoms with Gasteiger partial charge in [0.15, 0.2) is 6.29 Å².